The number of carbonyl (C=O) groups is 1. The van der Waals surface area contributed by atoms with E-state index in [9.17, 15) is 4.79 Å². The Labute approximate surface area is 71.3 Å². The first-order chi connectivity index (χ1) is 5.49. The molecular formula is C9H12O3. The van der Waals surface area contributed by atoms with Crippen LogP contribution in [-0.4, -0.2) is 23.8 Å². The first-order valence-electron chi connectivity index (χ1n) is 4.07. The third kappa shape index (κ3) is 1.01. The first-order valence-corrected chi connectivity index (χ1v) is 4.07. The second-order valence-electron chi connectivity index (χ2n) is 3.77. The van der Waals surface area contributed by atoms with Crippen LogP contribution < -0.4 is 0 Å². The van der Waals surface area contributed by atoms with Crippen molar-refractivity contribution in [1.29, 1.82) is 0 Å². The highest BCUT2D eigenvalue weighted by Crippen LogP contribution is 2.35. The van der Waals surface area contributed by atoms with Crippen molar-refractivity contribution in [2.75, 3.05) is 0 Å². The number of hydrogen-bond acceptors (Lipinski definition) is 3. The van der Waals surface area contributed by atoms with Crippen LogP contribution in [0.1, 0.15) is 20.8 Å². The molecule has 0 spiro atoms. The average molecular weight is 168 g/mol. The number of hydrogen-bond donors (Lipinski definition) is 0. The average Bonchev–Trinajstić information content (AvgIpc) is 2.34. The fourth-order valence-corrected chi connectivity index (χ4v) is 1.69. The van der Waals surface area contributed by atoms with Crippen LogP contribution >= 0.6 is 0 Å². The number of ketones is 1. The topological polar surface area (TPSA) is 35.5 Å². The fourth-order valence-electron chi connectivity index (χ4n) is 1.69. The van der Waals surface area contributed by atoms with Gasteiger partial charge in [-0.05, 0) is 32.4 Å². The van der Waals surface area contributed by atoms with Crippen LogP contribution in [0.15, 0.2) is 11.6 Å². The summed E-state index contributed by atoms with van der Waals surface area (Å²) in [4.78, 5) is 11.3. The SMILES string of the molecule is CC1=CC(=O)[C@H]2OC(C)(C)O[C@@H]12. The third-order valence-electron chi connectivity index (χ3n) is 2.20. The molecule has 2 atom stereocenters. The molecule has 3 nitrogen and oxygen atoms in total. The van der Waals surface area contributed by atoms with E-state index < -0.39 is 5.79 Å². The minimum atomic E-state index is -0.611. The van der Waals surface area contributed by atoms with Crippen molar-refractivity contribution in [3.05, 3.63) is 11.6 Å². The second-order valence-corrected chi connectivity index (χ2v) is 3.77. The van der Waals surface area contributed by atoms with Gasteiger partial charge in [0.1, 0.15) is 6.10 Å². The van der Waals surface area contributed by atoms with Crippen molar-refractivity contribution >= 4 is 5.78 Å². The van der Waals surface area contributed by atoms with Gasteiger partial charge in [0.25, 0.3) is 0 Å². The largest absolute Gasteiger partial charge is 0.340 e. The van der Waals surface area contributed by atoms with E-state index in [2.05, 4.69) is 0 Å². The highest BCUT2D eigenvalue weighted by molar-refractivity contribution is 5.98. The summed E-state index contributed by atoms with van der Waals surface area (Å²) in [5.74, 6) is -0.580. The lowest BCUT2D eigenvalue weighted by molar-refractivity contribution is -0.152. The maximum Gasteiger partial charge on any atom is 0.187 e. The van der Waals surface area contributed by atoms with Crippen molar-refractivity contribution in [1.82, 2.24) is 0 Å². The van der Waals surface area contributed by atoms with Crippen molar-refractivity contribution in [3.8, 4) is 0 Å². The van der Waals surface area contributed by atoms with Gasteiger partial charge in [-0.25, -0.2) is 0 Å². The summed E-state index contributed by atoms with van der Waals surface area (Å²) in [6.07, 6.45) is 1.07. The van der Waals surface area contributed by atoms with Gasteiger partial charge in [-0.15, -0.1) is 0 Å². The van der Waals surface area contributed by atoms with Crippen LogP contribution in [0.25, 0.3) is 0 Å². The zero-order valence-electron chi connectivity index (χ0n) is 7.46. The summed E-state index contributed by atoms with van der Waals surface area (Å²) >= 11 is 0. The Morgan fingerprint density at radius 3 is 2.50 bits per heavy atom. The molecule has 0 bridgehead atoms. The van der Waals surface area contributed by atoms with E-state index in [1.165, 1.54) is 0 Å². The van der Waals surface area contributed by atoms with Gasteiger partial charge in [0.15, 0.2) is 17.7 Å². The maximum absolute atomic E-state index is 11.3. The summed E-state index contributed by atoms with van der Waals surface area (Å²) in [7, 11) is 0. The molecule has 66 valence electrons. The highest BCUT2D eigenvalue weighted by Gasteiger charge is 2.48. The van der Waals surface area contributed by atoms with Crippen molar-refractivity contribution in [2.24, 2.45) is 0 Å². The van der Waals surface area contributed by atoms with E-state index in [4.69, 9.17) is 9.47 Å². The third-order valence-corrected chi connectivity index (χ3v) is 2.20. The van der Waals surface area contributed by atoms with Gasteiger partial charge in [0.2, 0.25) is 0 Å². The van der Waals surface area contributed by atoms with Gasteiger partial charge >= 0.3 is 0 Å². The van der Waals surface area contributed by atoms with E-state index in [0.29, 0.717) is 0 Å². The van der Waals surface area contributed by atoms with Gasteiger partial charge in [-0.1, -0.05) is 0 Å². The predicted molar refractivity (Wildman–Crippen MR) is 42.6 cm³/mol. The Balaban J connectivity index is 2.27. The van der Waals surface area contributed by atoms with E-state index in [1.807, 2.05) is 20.8 Å². The van der Waals surface area contributed by atoms with Gasteiger partial charge in [0.05, 0.1) is 0 Å². The number of rotatable bonds is 0. The minimum absolute atomic E-state index is 0.0306. The molecule has 1 aliphatic carbocycles. The van der Waals surface area contributed by atoms with E-state index in [1.54, 1.807) is 6.08 Å². The summed E-state index contributed by atoms with van der Waals surface area (Å²) in [5, 5.41) is 0. The predicted octanol–water partition coefficient (Wildman–Crippen LogP) is 1.04. The molecule has 1 saturated heterocycles. The van der Waals surface area contributed by atoms with Crippen molar-refractivity contribution in [2.45, 2.75) is 38.8 Å². The molecule has 0 N–H and O–H groups in total. The lowest BCUT2D eigenvalue weighted by Crippen LogP contribution is -2.25. The standard InChI is InChI=1S/C9H12O3/c1-5-4-6(10)8-7(5)11-9(2,3)12-8/h4,7-8H,1-3H3/t7-,8+/m0/s1. The van der Waals surface area contributed by atoms with Crippen LogP contribution in [0.2, 0.25) is 0 Å². The number of ether oxygens (including phenoxy) is 2. The lowest BCUT2D eigenvalue weighted by Gasteiger charge is -2.17. The summed E-state index contributed by atoms with van der Waals surface area (Å²) in [6, 6.07) is 0. The minimum Gasteiger partial charge on any atom is -0.340 e. The van der Waals surface area contributed by atoms with Crippen LogP contribution in [-0.2, 0) is 14.3 Å². The zero-order valence-corrected chi connectivity index (χ0v) is 7.46. The quantitative estimate of drug-likeness (QED) is 0.542. The zero-order chi connectivity index (χ0) is 8.93. The molecule has 0 aromatic carbocycles. The lowest BCUT2D eigenvalue weighted by atomic mass is 10.2. The Morgan fingerprint density at radius 1 is 1.33 bits per heavy atom. The monoisotopic (exact) mass is 168 g/mol. The Morgan fingerprint density at radius 2 is 1.92 bits per heavy atom. The molecule has 2 aliphatic rings. The van der Waals surface area contributed by atoms with Crippen LogP contribution in [0, 0.1) is 0 Å². The van der Waals surface area contributed by atoms with Gasteiger partial charge in [0, 0.05) is 0 Å². The molecule has 0 aromatic heterocycles. The van der Waals surface area contributed by atoms with E-state index in [-0.39, 0.29) is 18.0 Å². The second kappa shape index (κ2) is 2.18. The van der Waals surface area contributed by atoms with Crippen LogP contribution in [0.3, 0.4) is 0 Å². The Kier molecular flexibility index (Phi) is 1.44. The van der Waals surface area contributed by atoms with Crippen molar-refractivity contribution < 1.29 is 14.3 Å². The van der Waals surface area contributed by atoms with E-state index >= 15 is 0 Å². The molecule has 0 unspecified atom stereocenters. The van der Waals surface area contributed by atoms with Gasteiger partial charge in [-0.2, -0.15) is 0 Å². The molecule has 1 heterocycles. The summed E-state index contributed by atoms with van der Waals surface area (Å²) in [5.41, 5.74) is 0.968. The Hall–Kier alpha value is -0.670. The maximum atomic E-state index is 11.3. The van der Waals surface area contributed by atoms with Gasteiger partial charge in [-0.3, -0.25) is 4.79 Å². The van der Waals surface area contributed by atoms with Crippen LogP contribution in [0.4, 0.5) is 0 Å². The molecule has 12 heavy (non-hydrogen) atoms. The van der Waals surface area contributed by atoms with Crippen molar-refractivity contribution in [3.63, 3.8) is 0 Å². The molecule has 0 saturated carbocycles. The molecule has 1 aliphatic heterocycles. The fraction of sp³-hybridized carbons (Fsp3) is 0.667. The molecule has 2 rings (SSSR count). The molecule has 0 radical (unpaired) electrons. The first kappa shape index (κ1) is 7.95. The van der Waals surface area contributed by atoms with Gasteiger partial charge < -0.3 is 9.47 Å². The molecule has 0 aromatic rings. The number of carbonyl (C=O) groups excluding carboxylic acids is 1. The molecular weight excluding hydrogens is 156 g/mol. The molecule has 1 fully saturated rings. The number of fused-ring (bicyclic) bond motifs is 1. The summed E-state index contributed by atoms with van der Waals surface area (Å²) < 4.78 is 11.0. The molecule has 3 heteroatoms. The normalized spacial score (nSPS) is 38.2. The highest BCUT2D eigenvalue weighted by atomic mass is 16.8. The smallest absolute Gasteiger partial charge is 0.187 e. The van der Waals surface area contributed by atoms with E-state index in [0.717, 1.165) is 5.57 Å². The molecule has 0 amide bonds. The Bertz CT molecular complexity index is 265. The summed E-state index contributed by atoms with van der Waals surface area (Å²) in [6.45, 7) is 5.55. The van der Waals surface area contributed by atoms with Crippen LogP contribution in [0.5, 0.6) is 0 Å².